The standard InChI is InChI=1S/C30H48O3S/c1-3-5-7-9-11-13-15-17-19-26-21-22-27-23-24-30(34(31,32)33)28(29(27)25-26)20-18-16-14-12-10-8-6-4-2/h21-25H,3-20H2,1-2H3,(H,31,32,33). The van der Waals surface area contributed by atoms with Crippen molar-refractivity contribution in [2.24, 2.45) is 0 Å². The fourth-order valence-corrected chi connectivity index (χ4v) is 5.73. The lowest BCUT2D eigenvalue weighted by atomic mass is 9.95. The molecule has 0 radical (unpaired) electrons. The molecule has 0 atom stereocenters. The molecular formula is C30H48O3S. The SMILES string of the molecule is CCCCCCCCCCc1ccc2ccc(S(=O)(=O)O)c(CCCCCCCCCC)c2c1. The van der Waals surface area contributed by atoms with Gasteiger partial charge in [0.1, 0.15) is 0 Å². The van der Waals surface area contributed by atoms with Gasteiger partial charge in [-0.2, -0.15) is 8.42 Å². The first-order valence-electron chi connectivity index (χ1n) is 14.0. The number of unbranched alkanes of at least 4 members (excludes halogenated alkanes) is 14. The fraction of sp³-hybridized carbons (Fsp3) is 0.667. The molecule has 2 rings (SSSR count). The van der Waals surface area contributed by atoms with E-state index in [2.05, 4.69) is 32.0 Å². The van der Waals surface area contributed by atoms with Gasteiger partial charge in [0.05, 0.1) is 4.90 Å². The zero-order valence-corrected chi connectivity index (χ0v) is 22.6. The average Bonchev–Trinajstić information content (AvgIpc) is 2.81. The quantitative estimate of drug-likeness (QED) is 0.158. The van der Waals surface area contributed by atoms with Crippen molar-refractivity contribution >= 4 is 20.9 Å². The van der Waals surface area contributed by atoms with Crippen LogP contribution in [0.3, 0.4) is 0 Å². The summed E-state index contributed by atoms with van der Waals surface area (Å²) in [5, 5.41) is 2.05. The topological polar surface area (TPSA) is 54.4 Å². The van der Waals surface area contributed by atoms with Crippen LogP contribution < -0.4 is 0 Å². The molecule has 2 aromatic carbocycles. The molecule has 0 spiro atoms. The third-order valence-corrected chi connectivity index (χ3v) is 7.97. The van der Waals surface area contributed by atoms with Gasteiger partial charge in [-0.25, -0.2) is 0 Å². The minimum absolute atomic E-state index is 0.0900. The van der Waals surface area contributed by atoms with Crippen LogP contribution in [0.25, 0.3) is 10.8 Å². The summed E-state index contributed by atoms with van der Waals surface area (Å²) in [4.78, 5) is 0.0900. The highest BCUT2D eigenvalue weighted by Crippen LogP contribution is 2.29. The lowest BCUT2D eigenvalue weighted by Crippen LogP contribution is -2.04. The van der Waals surface area contributed by atoms with Crippen molar-refractivity contribution < 1.29 is 13.0 Å². The molecule has 4 heteroatoms. The molecule has 0 bridgehead atoms. The highest BCUT2D eigenvalue weighted by Gasteiger charge is 2.18. The molecule has 0 amide bonds. The Kier molecular flexibility index (Phi) is 13.8. The van der Waals surface area contributed by atoms with Crippen LogP contribution in [0.5, 0.6) is 0 Å². The van der Waals surface area contributed by atoms with Gasteiger partial charge in [-0.1, -0.05) is 128 Å². The predicted octanol–water partition coefficient (Wildman–Crippen LogP) is 9.45. The van der Waals surface area contributed by atoms with E-state index >= 15 is 0 Å². The lowest BCUT2D eigenvalue weighted by Gasteiger charge is -2.13. The lowest BCUT2D eigenvalue weighted by molar-refractivity contribution is 0.482. The van der Waals surface area contributed by atoms with Crippen molar-refractivity contribution in [1.29, 1.82) is 0 Å². The van der Waals surface area contributed by atoms with E-state index in [-0.39, 0.29) is 4.90 Å². The monoisotopic (exact) mass is 488 g/mol. The van der Waals surface area contributed by atoms with Gasteiger partial charge in [-0.05, 0) is 53.6 Å². The Hall–Kier alpha value is -1.39. The molecule has 0 aliphatic carbocycles. The molecule has 0 aliphatic rings. The summed E-state index contributed by atoms with van der Waals surface area (Å²) < 4.78 is 34.1. The van der Waals surface area contributed by atoms with Crippen LogP contribution in [0.2, 0.25) is 0 Å². The van der Waals surface area contributed by atoms with Crippen molar-refractivity contribution in [3.05, 3.63) is 41.5 Å². The molecule has 192 valence electrons. The largest absolute Gasteiger partial charge is 0.294 e. The van der Waals surface area contributed by atoms with Crippen molar-refractivity contribution in [2.45, 2.75) is 134 Å². The second-order valence-electron chi connectivity index (χ2n) is 10.0. The summed E-state index contributed by atoms with van der Waals surface area (Å²) in [6, 6.07) is 9.87. The van der Waals surface area contributed by atoms with Gasteiger partial charge >= 0.3 is 0 Å². The third kappa shape index (κ3) is 10.5. The van der Waals surface area contributed by atoms with Crippen LogP contribution in [-0.2, 0) is 23.0 Å². The summed E-state index contributed by atoms with van der Waals surface area (Å²) in [6.45, 7) is 4.49. The van der Waals surface area contributed by atoms with Crippen LogP contribution in [0, 0.1) is 0 Å². The van der Waals surface area contributed by atoms with Gasteiger partial charge in [0.15, 0.2) is 0 Å². The molecular weight excluding hydrogens is 440 g/mol. The minimum atomic E-state index is -4.23. The zero-order chi connectivity index (χ0) is 24.7. The predicted molar refractivity (Wildman–Crippen MR) is 146 cm³/mol. The van der Waals surface area contributed by atoms with Gasteiger partial charge in [-0.15, -0.1) is 0 Å². The highest BCUT2D eigenvalue weighted by molar-refractivity contribution is 7.85. The van der Waals surface area contributed by atoms with Crippen molar-refractivity contribution in [3.8, 4) is 0 Å². The normalized spacial score (nSPS) is 12.0. The summed E-state index contributed by atoms with van der Waals surface area (Å²) in [7, 11) is -4.23. The molecule has 0 saturated heterocycles. The Morgan fingerprint density at radius 1 is 0.618 bits per heavy atom. The Balaban J connectivity index is 1.98. The average molecular weight is 489 g/mol. The summed E-state index contributed by atoms with van der Waals surface area (Å²) in [5.74, 6) is 0. The van der Waals surface area contributed by atoms with E-state index in [1.807, 2.05) is 6.07 Å². The first-order valence-corrected chi connectivity index (χ1v) is 15.4. The van der Waals surface area contributed by atoms with Gasteiger partial charge in [0.2, 0.25) is 0 Å². The molecule has 34 heavy (non-hydrogen) atoms. The number of aryl methyl sites for hydroxylation is 2. The van der Waals surface area contributed by atoms with Crippen molar-refractivity contribution in [2.75, 3.05) is 0 Å². The molecule has 2 aromatic rings. The minimum Gasteiger partial charge on any atom is -0.282 e. The first-order chi connectivity index (χ1) is 16.5. The molecule has 0 fully saturated rings. The van der Waals surface area contributed by atoms with E-state index in [0.29, 0.717) is 6.42 Å². The Bertz CT molecular complexity index is 933. The summed E-state index contributed by atoms with van der Waals surface area (Å²) >= 11 is 0. The molecule has 0 heterocycles. The number of fused-ring (bicyclic) bond motifs is 1. The first kappa shape index (κ1) is 28.8. The maximum absolute atomic E-state index is 12.1. The maximum atomic E-state index is 12.1. The molecule has 1 N–H and O–H groups in total. The van der Waals surface area contributed by atoms with E-state index in [1.54, 1.807) is 6.07 Å². The Labute approximate surface area is 209 Å². The maximum Gasteiger partial charge on any atom is 0.294 e. The molecule has 3 nitrogen and oxygen atoms in total. The van der Waals surface area contributed by atoms with E-state index in [1.165, 1.54) is 95.5 Å². The highest BCUT2D eigenvalue weighted by atomic mass is 32.2. The summed E-state index contributed by atoms with van der Waals surface area (Å²) in [6.07, 6.45) is 21.8. The van der Waals surface area contributed by atoms with Crippen LogP contribution >= 0.6 is 0 Å². The van der Waals surface area contributed by atoms with Crippen LogP contribution in [0.4, 0.5) is 0 Å². The van der Waals surface area contributed by atoms with Crippen molar-refractivity contribution in [1.82, 2.24) is 0 Å². The van der Waals surface area contributed by atoms with Crippen LogP contribution in [0.15, 0.2) is 35.2 Å². The van der Waals surface area contributed by atoms with E-state index in [9.17, 15) is 13.0 Å². The third-order valence-electron chi connectivity index (χ3n) is 7.03. The molecule has 0 unspecified atom stereocenters. The fourth-order valence-electron chi connectivity index (χ4n) is 4.96. The van der Waals surface area contributed by atoms with E-state index < -0.39 is 10.1 Å². The molecule has 0 saturated carbocycles. The van der Waals surface area contributed by atoms with Gasteiger partial charge in [-0.3, -0.25) is 4.55 Å². The number of hydrogen-bond donors (Lipinski definition) is 1. The Morgan fingerprint density at radius 2 is 1.09 bits per heavy atom. The second-order valence-corrected chi connectivity index (χ2v) is 11.4. The number of benzene rings is 2. The summed E-state index contributed by atoms with van der Waals surface area (Å²) in [5.41, 5.74) is 2.06. The van der Waals surface area contributed by atoms with Crippen LogP contribution in [-0.4, -0.2) is 13.0 Å². The number of hydrogen-bond acceptors (Lipinski definition) is 2. The van der Waals surface area contributed by atoms with Gasteiger partial charge in [0, 0.05) is 0 Å². The second kappa shape index (κ2) is 16.3. The number of rotatable bonds is 19. The van der Waals surface area contributed by atoms with E-state index in [0.717, 1.165) is 35.6 Å². The van der Waals surface area contributed by atoms with Crippen LogP contribution in [0.1, 0.15) is 128 Å². The smallest absolute Gasteiger partial charge is 0.282 e. The van der Waals surface area contributed by atoms with Crippen molar-refractivity contribution in [3.63, 3.8) is 0 Å². The van der Waals surface area contributed by atoms with Gasteiger partial charge in [0.25, 0.3) is 10.1 Å². The Morgan fingerprint density at radius 3 is 1.62 bits per heavy atom. The van der Waals surface area contributed by atoms with E-state index in [4.69, 9.17) is 0 Å². The molecule has 0 aliphatic heterocycles. The molecule has 0 aromatic heterocycles. The van der Waals surface area contributed by atoms with Gasteiger partial charge < -0.3 is 0 Å². The zero-order valence-electron chi connectivity index (χ0n) is 21.8.